The maximum atomic E-state index is 11.4. The number of carbonyl (C=O) groups excluding carboxylic acids is 1. The smallest absolute Gasteiger partial charge is 0.288 e. The van der Waals surface area contributed by atoms with Crippen LogP contribution >= 0.6 is 0 Å². The quantitative estimate of drug-likeness (QED) is 0.884. The Labute approximate surface area is 118 Å². The number of nitrogens with one attached hydrogen (secondary N) is 2. The summed E-state index contributed by atoms with van der Waals surface area (Å²) in [6, 6.07) is 8.38. The number of hydrogen-bond acceptors (Lipinski definition) is 4. The van der Waals surface area contributed by atoms with Crippen LogP contribution in [0.3, 0.4) is 0 Å². The number of aromatic amines is 1. The van der Waals surface area contributed by atoms with Gasteiger partial charge < -0.3 is 10.2 Å². The lowest BCUT2D eigenvalue weighted by atomic mass is 10.1. The topological polar surface area (TPSA) is 73.9 Å². The van der Waals surface area contributed by atoms with Crippen LogP contribution in [0.5, 0.6) is 0 Å². The van der Waals surface area contributed by atoms with E-state index in [0.29, 0.717) is 11.9 Å². The first-order valence-electron chi connectivity index (χ1n) is 6.44. The molecule has 1 aromatic carbocycles. The van der Waals surface area contributed by atoms with Gasteiger partial charge in [0.2, 0.25) is 5.82 Å². The predicted octanol–water partition coefficient (Wildman–Crippen LogP) is 1.45. The molecule has 20 heavy (non-hydrogen) atoms. The zero-order valence-corrected chi connectivity index (χ0v) is 12.1. The van der Waals surface area contributed by atoms with Gasteiger partial charge in [0.1, 0.15) is 0 Å². The van der Waals surface area contributed by atoms with E-state index >= 15 is 0 Å². The van der Waals surface area contributed by atoms with Gasteiger partial charge in [0.05, 0.1) is 0 Å². The molecule has 0 unspecified atom stereocenters. The summed E-state index contributed by atoms with van der Waals surface area (Å²) < 4.78 is 0. The van der Waals surface area contributed by atoms with Crippen molar-refractivity contribution >= 4 is 5.91 Å². The van der Waals surface area contributed by atoms with Crippen molar-refractivity contribution in [3.8, 4) is 11.4 Å². The molecule has 0 aliphatic rings. The highest BCUT2D eigenvalue weighted by atomic mass is 16.2. The van der Waals surface area contributed by atoms with E-state index in [4.69, 9.17) is 0 Å². The Morgan fingerprint density at radius 1 is 1.30 bits per heavy atom. The molecule has 0 radical (unpaired) electrons. The molecule has 0 fully saturated rings. The van der Waals surface area contributed by atoms with E-state index < -0.39 is 0 Å². The van der Waals surface area contributed by atoms with Crippen LogP contribution in [-0.4, -0.2) is 47.1 Å². The highest BCUT2D eigenvalue weighted by molar-refractivity contribution is 5.90. The van der Waals surface area contributed by atoms with E-state index in [9.17, 15) is 4.79 Å². The van der Waals surface area contributed by atoms with Crippen LogP contribution < -0.4 is 5.32 Å². The summed E-state index contributed by atoms with van der Waals surface area (Å²) in [7, 11) is 5.65. The van der Waals surface area contributed by atoms with E-state index in [1.807, 2.05) is 26.2 Å². The van der Waals surface area contributed by atoms with Crippen LogP contribution in [-0.2, 0) is 0 Å². The Morgan fingerprint density at radius 2 is 1.95 bits per heavy atom. The van der Waals surface area contributed by atoms with Crippen LogP contribution in [0.25, 0.3) is 11.4 Å². The zero-order valence-electron chi connectivity index (χ0n) is 12.1. The minimum atomic E-state index is -0.276. The van der Waals surface area contributed by atoms with Crippen molar-refractivity contribution in [2.75, 3.05) is 21.1 Å². The van der Waals surface area contributed by atoms with E-state index in [2.05, 4.69) is 44.5 Å². The molecule has 2 N–H and O–H groups in total. The molecule has 6 heteroatoms. The van der Waals surface area contributed by atoms with Crippen LogP contribution in [0.4, 0.5) is 0 Å². The standard InChI is InChI=1S/C14H19N5O/c1-9(19(3)4)10-5-7-11(8-6-10)12-16-13(18-17-12)14(20)15-2/h5-9H,1-4H3,(H,15,20)(H,16,17,18)/t9-/m0/s1. The van der Waals surface area contributed by atoms with Gasteiger partial charge in [-0.2, -0.15) is 5.10 Å². The van der Waals surface area contributed by atoms with Crippen molar-refractivity contribution in [3.05, 3.63) is 35.7 Å². The molecule has 2 aromatic rings. The summed E-state index contributed by atoms with van der Waals surface area (Å²) in [5, 5.41) is 9.19. The lowest BCUT2D eigenvalue weighted by molar-refractivity contribution is 0.0953. The lowest BCUT2D eigenvalue weighted by Gasteiger charge is -2.20. The summed E-state index contributed by atoms with van der Waals surface area (Å²) >= 11 is 0. The molecule has 106 valence electrons. The number of rotatable bonds is 4. The van der Waals surface area contributed by atoms with Gasteiger partial charge in [-0.25, -0.2) is 4.98 Å². The van der Waals surface area contributed by atoms with Crippen LogP contribution in [0, 0.1) is 0 Å². The minimum absolute atomic E-state index is 0.216. The van der Waals surface area contributed by atoms with Crippen molar-refractivity contribution in [2.24, 2.45) is 0 Å². The largest absolute Gasteiger partial charge is 0.352 e. The summed E-state index contributed by atoms with van der Waals surface area (Å²) in [5.74, 6) is 0.461. The van der Waals surface area contributed by atoms with Crippen molar-refractivity contribution < 1.29 is 4.79 Å². The monoisotopic (exact) mass is 273 g/mol. The third kappa shape index (κ3) is 2.85. The average molecular weight is 273 g/mol. The number of amides is 1. The Hall–Kier alpha value is -2.21. The van der Waals surface area contributed by atoms with Crippen molar-refractivity contribution in [1.82, 2.24) is 25.4 Å². The summed E-state index contributed by atoms with van der Waals surface area (Å²) in [6.07, 6.45) is 0. The first kappa shape index (κ1) is 14.2. The van der Waals surface area contributed by atoms with Gasteiger partial charge in [0.15, 0.2) is 5.82 Å². The fourth-order valence-electron chi connectivity index (χ4n) is 1.82. The Bertz CT molecular complexity index is 588. The van der Waals surface area contributed by atoms with E-state index in [0.717, 1.165) is 5.56 Å². The average Bonchev–Trinajstić information content (AvgIpc) is 2.95. The molecule has 0 aliphatic heterocycles. The maximum absolute atomic E-state index is 11.4. The van der Waals surface area contributed by atoms with Crippen LogP contribution in [0.2, 0.25) is 0 Å². The zero-order chi connectivity index (χ0) is 14.7. The second-order valence-electron chi connectivity index (χ2n) is 4.85. The second-order valence-corrected chi connectivity index (χ2v) is 4.85. The van der Waals surface area contributed by atoms with E-state index in [1.54, 1.807) is 7.05 Å². The molecule has 2 rings (SSSR count). The first-order chi connectivity index (χ1) is 9.52. The van der Waals surface area contributed by atoms with Gasteiger partial charge in [-0.15, -0.1) is 0 Å². The number of nitrogens with zero attached hydrogens (tertiary/aromatic N) is 3. The fourth-order valence-corrected chi connectivity index (χ4v) is 1.82. The van der Waals surface area contributed by atoms with Crippen molar-refractivity contribution in [1.29, 1.82) is 0 Å². The molecule has 0 saturated heterocycles. The maximum Gasteiger partial charge on any atom is 0.288 e. The third-order valence-electron chi connectivity index (χ3n) is 3.35. The molecule has 1 heterocycles. The molecule has 1 aromatic heterocycles. The number of aromatic nitrogens is 3. The summed E-state index contributed by atoms with van der Waals surface area (Å²) in [5.41, 5.74) is 2.10. The lowest BCUT2D eigenvalue weighted by Crippen LogP contribution is -2.19. The molecule has 6 nitrogen and oxygen atoms in total. The Balaban J connectivity index is 2.22. The van der Waals surface area contributed by atoms with Gasteiger partial charge in [-0.05, 0) is 26.6 Å². The molecular formula is C14H19N5O. The number of H-pyrrole nitrogens is 1. The SMILES string of the molecule is CNC(=O)c1nc(-c2ccc([C@H](C)N(C)C)cc2)n[nH]1. The molecule has 1 amide bonds. The Kier molecular flexibility index (Phi) is 4.14. The molecular weight excluding hydrogens is 254 g/mol. The van der Waals surface area contributed by atoms with Gasteiger partial charge in [0, 0.05) is 18.7 Å². The van der Waals surface area contributed by atoms with Gasteiger partial charge in [0.25, 0.3) is 5.91 Å². The van der Waals surface area contributed by atoms with E-state index in [-0.39, 0.29) is 11.7 Å². The minimum Gasteiger partial charge on any atom is -0.352 e. The van der Waals surface area contributed by atoms with Gasteiger partial charge >= 0.3 is 0 Å². The highest BCUT2D eigenvalue weighted by Crippen LogP contribution is 2.21. The summed E-state index contributed by atoms with van der Waals surface area (Å²) in [6.45, 7) is 2.14. The van der Waals surface area contributed by atoms with Crippen molar-refractivity contribution in [3.63, 3.8) is 0 Å². The van der Waals surface area contributed by atoms with Crippen LogP contribution in [0.15, 0.2) is 24.3 Å². The summed E-state index contributed by atoms with van der Waals surface area (Å²) in [4.78, 5) is 17.7. The molecule has 0 aliphatic carbocycles. The molecule has 0 spiro atoms. The second kappa shape index (κ2) is 5.83. The Morgan fingerprint density at radius 3 is 2.50 bits per heavy atom. The highest BCUT2D eigenvalue weighted by Gasteiger charge is 2.12. The normalized spacial score (nSPS) is 12.4. The number of carbonyl (C=O) groups is 1. The fraction of sp³-hybridized carbons (Fsp3) is 0.357. The first-order valence-corrected chi connectivity index (χ1v) is 6.44. The van der Waals surface area contributed by atoms with E-state index in [1.165, 1.54) is 5.56 Å². The number of hydrogen-bond donors (Lipinski definition) is 2. The molecule has 0 bridgehead atoms. The van der Waals surface area contributed by atoms with Gasteiger partial charge in [-0.3, -0.25) is 9.89 Å². The van der Waals surface area contributed by atoms with Gasteiger partial charge in [-0.1, -0.05) is 24.3 Å². The molecule has 1 atom stereocenters. The van der Waals surface area contributed by atoms with Crippen LogP contribution in [0.1, 0.15) is 29.1 Å². The van der Waals surface area contributed by atoms with Crippen molar-refractivity contribution in [2.45, 2.75) is 13.0 Å². The molecule has 0 saturated carbocycles. The predicted molar refractivity (Wildman–Crippen MR) is 77.3 cm³/mol. The number of benzene rings is 1. The third-order valence-corrected chi connectivity index (χ3v) is 3.35.